The molecule has 0 amide bonds. The Morgan fingerprint density at radius 2 is 2.56 bits per heavy atom. The Balaban J connectivity index is 3.08. The van der Waals surface area contributed by atoms with Gasteiger partial charge in [-0.1, -0.05) is 11.3 Å². The summed E-state index contributed by atoms with van der Waals surface area (Å²) < 4.78 is 0.972. The lowest BCUT2D eigenvalue weighted by Crippen LogP contribution is -1.90. The highest BCUT2D eigenvalue weighted by atomic mass is 32.2. The highest BCUT2D eigenvalue weighted by Gasteiger charge is 1.98. The van der Waals surface area contributed by atoms with E-state index in [1.54, 1.807) is 5.51 Å². The van der Waals surface area contributed by atoms with E-state index in [1.807, 2.05) is 0 Å². The molecule has 2 heterocycles. The Morgan fingerprint density at radius 1 is 1.67 bits per heavy atom. The molecule has 0 aliphatic carbocycles. The van der Waals surface area contributed by atoms with Crippen molar-refractivity contribution in [3.8, 4) is 0 Å². The second-order valence-electron chi connectivity index (χ2n) is 1.50. The van der Waals surface area contributed by atoms with Crippen LogP contribution >= 0.6 is 22.7 Å². The van der Waals surface area contributed by atoms with E-state index in [0.29, 0.717) is 0 Å². The fraction of sp³-hybridized carbons (Fsp3) is 0. The summed E-state index contributed by atoms with van der Waals surface area (Å²) in [7, 11) is 0. The monoisotopic (exact) mass is 158 g/mol. The molecule has 2 aromatic rings. The van der Waals surface area contributed by atoms with Crippen molar-refractivity contribution in [1.82, 2.24) is 9.97 Å². The molecule has 0 spiro atoms. The average molecular weight is 158 g/mol. The molecular formula is C4H2N2OS2. The zero-order valence-electron chi connectivity index (χ0n) is 4.25. The van der Waals surface area contributed by atoms with E-state index in [2.05, 4.69) is 9.97 Å². The third-order valence-corrected chi connectivity index (χ3v) is 2.76. The molecule has 0 aliphatic rings. The molecule has 0 saturated carbocycles. The van der Waals surface area contributed by atoms with Crippen LogP contribution in [0.1, 0.15) is 0 Å². The molecule has 0 aromatic carbocycles. The molecule has 0 unspecified atom stereocenters. The summed E-state index contributed by atoms with van der Waals surface area (Å²) in [5.74, 6) is 0. The molecule has 46 valence electrons. The molecule has 0 aliphatic heterocycles. The van der Waals surface area contributed by atoms with Crippen LogP contribution in [0.2, 0.25) is 0 Å². The van der Waals surface area contributed by atoms with Crippen LogP contribution < -0.4 is 4.87 Å². The first kappa shape index (κ1) is 5.13. The molecule has 0 radical (unpaired) electrons. The number of rotatable bonds is 0. The van der Waals surface area contributed by atoms with Gasteiger partial charge >= 0.3 is 4.87 Å². The predicted molar refractivity (Wildman–Crippen MR) is 38.1 cm³/mol. The number of nitrogens with zero attached hydrogens (tertiary/aromatic N) is 1. The summed E-state index contributed by atoms with van der Waals surface area (Å²) in [6, 6.07) is 0. The third-order valence-electron chi connectivity index (χ3n) is 0.941. The number of hydrogen-bond acceptors (Lipinski definition) is 4. The van der Waals surface area contributed by atoms with Crippen LogP contribution in [0.5, 0.6) is 0 Å². The van der Waals surface area contributed by atoms with Gasteiger partial charge in [0.1, 0.15) is 4.01 Å². The second kappa shape index (κ2) is 1.65. The lowest BCUT2D eigenvalue weighted by molar-refractivity contribution is 1.32. The minimum absolute atomic E-state index is 0.0237. The number of hydrogen-bond donors (Lipinski definition) is 1. The van der Waals surface area contributed by atoms with E-state index in [-0.39, 0.29) is 4.87 Å². The summed E-state index contributed by atoms with van der Waals surface area (Å²) in [4.78, 5) is 17.1. The van der Waals surface area contributed by atoms with Crippen molar-refractivity contribution in [2.45, 2.75) is 0 Å². The van der Waals surface area contributed by atoms with Crippen molar-refractivity contribution >= 4 is 32.3 Å². The van der Waals surface area contributed by atoms with Crippen LogP contribution in [0, 0.1) is 0 Å². The van der Waals surface area contributed by atoms with Crippen LogP contribution in [-0.2, 0) is 0 Å². The van der Waals surface area contributed by atoms with E-state index in [4.69, 9.17) is 0 Å². The van der Waals surface area contributed by atoms with Gasteiger partial charge in [-0.05, 0) is 0 Å². The molecule has 3 nitrogen and oxygen atoms in total. The Kier molecular flexibility index (Phi) is 0.940. The van der Waals surface area contributed by atoms with Crippen molar-refractivity contribution in [3.63, 3.8) is 0 Å². The third kappa shape index (κ3) is 0.691. The largest absolute Gasteiger partial charge is 0.307 e. The smallest absolute Gasteiger partial charge is 0.296 e. The average Bonchev–Trinajstić information content (AvgIpc) is 2.22. The van der Waals surface area contributed by atoms with Crippen molar-refractivity contribution in [1.29, 1.82) is 0 Å². The summed E-state index contributed by atoms with van der Waals surface area (Å²) in [6.07, 6.45) is 0. The molecule has 0 fully saturated rings. The van der Waals surface area contributed by atoms with Crippen molar-refractivity contribution < 1.29 is 0 Å². The maximum Gasteiger partial charge on any atom is 0.307 e. The highest BCUT2D eigenvalue weighted by Crippen LogP contribution is 2.16. The number of nitrogens with one attached hydrogen (secondary N) is 1. The SMILES string of the molecule is O=c1[nH]c2ncsc2s1. The van der Waals surface area contributed by atoms with Gasteiger partial charge in [-0.3, -0.25) is 9.78 Å². The number of fused-ring (bicyclic) bond motifs is 1. The maximum absolute atomic E-state index is 10.6. The Hall–Kier alpha value is -0.680. The number of aromatic amines is 1. The van der Waals surface area contributed by atoms with Gasteiger partial charge in [0.2, 0.25) is 0 Å². The fourth-order valence-electron chi connectivity index (χ4n) is 0.598. The van der Waals surface area contributed by atoms with E-state index in [0.717, 1.165) is 9.66 Å². The van der Waals surface area contributed by atoms with Gasteiger partial charge in [0, 0.05) is 0 Å². The van der Waals surface area contributed by atoms with E-state index >= 15 is 0 Å². The molecule has 2 aromatic heterocycles. The van der Waals surface area contributed by atoms with Gasteiger partial charge in [-0.15, -0.1) is 11.3 Å². The number of aromatic nitrogens is 2. The molecular weight excluding hydrogens is 156 g/mol. The molecule has 9 heavy (non-hydrogen) atoms. The summed E-state index contributed by atoms with van der Waals surface area (Å²) in [6.45, 7) is 0. The molecule has 5 heteroatoms. The van der Waals surface area contributed by atoms with E-state index in [9.17, 15) is 4.79 Å². The number of thiazole rings is 2. The Morgan fingerprint density at radius 3 is 3.33 bits per heavy atom. The lowest BCUT2D eigenvalue weighted by atomic mass is 10.9. The van der Waals surface area contributed by atoms with E-state index in [1.165, 1.54) is 22.7 Å². The standard InChI is InChI=1S/C4H2N2OS2/c7-4-6-2-3(9-4)8-1-5-2/h1H,(H,6,7). The van der Waals surface area contributed by atoms with Crippen LogP contribution in [0.15, 0.2) is 10.3 Å². The van der Waals surface area contributed by atoms with Crippen molar-refractivity contribution in [3.05, 3.63) is 15.2 Å². The van der Waals surface area contributed by atoms with E-state index < -0.39 is 0 Å². The zero-order chi connectivity index (χ0) is 6.27. The van der Waals surface area contributed by atoms with Crippen LogP contribution in [-0.4, -0.2) is 9.97 Å². The summed E-state index contributed by atoms with van der Waals surface area (Å²) in [5.41, 5.74) is 2.44. The zero-order valence-corrected chi connectivity index (χ0v) is 5.88. The van der Waals surface area contributed by atoms with Gasteiger partial charge in [-0.2, -0.15) is 0 Å². The molecule has 2 rings (SSSR count). The number of H-pyrrole nitrogens is 1. The first-order valence-electron chi connectivity index (χ1n) is 2.28. The lowest BCUT2D eigenvalue weighted by Gasteiger charge is -1.63. The van der Waals surface area contributed by atoms with Crippen molar-refractivity contribution in [2.75, 3.05) is 0 Å². The quantitative estimate of drug-likeness (QED) is 0.622. The van der Waals surface area contributed by atoms with Gasteiger partial charge in [0.25, 0.3) is 0 Å². The molecule has 1 N–H and O–H groups in total. The minimum Gasteiger partial charge on any atom is -0.296 e. The second-order valence-corrected chi connectivity index (χ2v) is 3.60. The predicted octanol–water partition coefficient (Wildman–Crippen LogP) is 1.05. The van der Waals surface area contributed by atoms with Gasteiger partial charge in [-0.25, -0.2) is 4.98 Å². The maximum atomic E-state index is 10.6. The topological polar surface area (TPSA) is 45.8 Å². The fourth-order valence-corrected chi connectivity index (χ4v) is 2.13. The Bertz CT molecular complexity index is 339. The van der Waals surface area contributed by atoms with Gasteiger partial charge in [0.05, 0.1) is 5.51 Å². The van der Waals surface area contributed by atoms with Gasteiger partial charge in [0.15, 0.2) is 5.65 Å². The summed E-state index contributed by atoms with van der Waals surface area (Å²) >= 11 is 2.69. The molecule has 0 atom stereocenters. The van der Waals surface area contributed by atoms with Gasteiger partial charge < -0.3 is 0 Å². The van der Waals surface area contributed by atoms with Crippen molar-refractivity contribution in [2.24, 2.45) is 0 Å². The summed E-state index contributed by atoms with van der Waals surface area (Å²) in [5, 5.41) is 0. The first-order chi connectivity index (χ1) is 4.36. The molecule has 0 saturated heterocycles. The van der Waals surface area contributed by atoms with Crippen LogP contribution in [0.4, 0.5) is 0 Å². The normalized spacial score (nSPS) is 10.7. The highest BCUT2D eigenvalue weighted by molar-refractivity contribution is 7.36. The van der Waals surface area contributed by atoms with Crippen LogP contribution in [0.3, 0.4) is 0 Å². The minimum atomic E-state index is -0.0237. The Labute approximate surface area is 58.0 Å². The molecule has 0 bridgehead atoms. The first-order valence-corrected chi connectivity index (χ1v) is 3.98. The van der Waals surface area contributed by atoms with Crippen LogP contribution in [0.25, 0.3) is 9.66 Å².